The molecule has 0 saturated heterocycles. The summed E-state index contributed by atoms with van der Waals surface area (Å²) >= 11 is 0. The number of rotatable bonds is 4. The van der Waals surface area contributed by atoms with E-state index in [1.165, 1.54) is 10.5 Å². The van der Waals surface area contributed by atoms with Crippen LogP contribution in [0.1, 0.15) is 47.4 Å². The van der Waals surface area contributed by atoms with E-state index in [1.54, 1.807) is 17.2 Å². The van der Waals surface area contributed by atoms with E-state index in [0.717, 1.165) is 12.4 Å². The summed E-state index contributed by atoms with van der Waals surface area (Å²) in [6.07, 6.45) is -5.38. The van der Waals surface area contributed by atoms with Crippen LogP contribution < -0.4 is 10.6 Å². The third-order valence-corrected chi connectivity index (χ3v) is 5.36. The summed E-state index contributed by atoms with van der Waals surface area (Å²) in [5, 5.41) is 10.9. The number of fused-ring (bicyclic) bond motifs is 1. The first-order chi connectivity index (χ1) is 15.0. The number of hydrogen-bond acceptors (Lipinski definition) is 4. The molecule has 3 aromatic heterocycles. The van der Waals surface area contributed by atoms with Crippen molar-refractivity contribution in [2.75, 3.05) is 5.32 Å². The van der Waals surface area contributed by atoms with E-state index < -0.39 is 35.2 Å². The maximum Gasteiger partial charge on any atom is 0.434 e. The van der Waals surface area contributed by atoms with Gasteiger partial charge in [-0.2, -0.15) is 31.4 Å². The Hall–Kier alpha value is -3.25. The SMILES string of the molecule is O=C(NC1CCC(Nc2cccc3nc(C(F)(F)F)cn23)CC1)c1cn[nH]c1C(F)(F)F. The highest BCUT2D eigenvalue weighted by Crippen LogP contribution is 2.31. The molecule has 0 bridgehead atoms. The number of carbonyl (C=O) groups is 1. The van der Waals surface area contributed by atoms with Crippen molar-refractivity contribution in [1.82, 2.24) is 24.9 Å². The van der Waals surface area contributed by atoms with Crippen molar-refractivity contribution in [3.05, 3.63) is 47.5 Å². The van der Waals surface area contributed by atoms with Crippen LogP contribution in [0.2, 0.25) is 0 Å². The normalized spacial score (nSPS) is 19.8. The Morgan fingerprint density at radius 3 is 2.38 bits per heavy atom. The fourth-order valence-electron chi connectivity index (χ4n) is 3.79. The molecule has 1 aliphatic carbocycles. The van der Waals surface area contributed by atoms with Gasteiger partial charge in [-0.05, 0) is 37.8 Å². The zero-order valence-electron chi connectivity index (χ0n) is 16.4. The first-order valence-electron chi connectivity index (χ1n) is 9.75. The van der Waals surface area contributed by atoms with Gasteiger partial charge in [-0.15, -0.1) is 0 Å². The summed E-state index contributed by atoms with van der Waals surface area (Å²) in [5.74, 6) is -0.406. The first kappa shape index (κ1) is 22.0. The number of carbonyl (C=O) groups excluding carboxylic acids is 1. The van der Waals surface area contributed by atoms with E-state index in [1.807, 2.05) is 0 Å². The predicted octanol–water partition coefficient (Wildman–Crippen LogP) is 4.25. The van der Waals surface area contributed by atoms with Gasteiger partial charge in [0.2, 0.25) is 0 Å². The average Bonchev–Trinajstić information content (AvgIpc) is 3.37. The maximum atomic E-state index is 13.0. The van der Waals surface area contributed by atoms with Crippen LogP contribution in [0.3, 0.4) is 0 Å². The minimum absolute atomic E-state index is 0.0786. The maximum absolute atomic E-state index is 13.0. The number of imidazole rings is 1. The van der Waals surface area contributed by atoms with Crippen molar-refractivity contribution in [3.8, 4) is 0 Å². The highest BCUT2D eigenvalue weighted by molar-refractivity contribution is 5.95. The molecular formula is C19H18F6N6O. The lowest BCUT2D eigenvalue weighted by molar-refractivity contribution is -0.142. The Labute approximate surface area is 177 Å². The molecule has 0 aromatic carbocycles. The Kier molecular flexibility index (Phi) is 5.51. The van der Waals surface area contributed by atoms with E-state index in [-0.39, 0.29) is 17.7 Å². The standard InChI is InChI=1S/C19H18F6N6O/c20-18(21,22)13-9-31-14(2-1-3-15(31)29-13)27-10-4-6-11(7-5-10)28-17(32)12-8-26-30-16(12)19(23,24)25/h1-3,8-11,27H,4-7H2,(H,26,30)(H,28,32). The molecule has 13 heteroatoms. The smallest absolute Gasteiger partial charge is 0.368 e. The van der Waals surface area contributed by atoms with E-state index in [9.17, 15) is 31.1 Å². The molecule has 0 radical (unpaired) electrons. The van der Waals surface area contributed by atoms with Gasteiger partial charge in [-0.1, -0.05) is 6.07 Å². The number of alkyl halides is 6. The lowest BCUT2D eigenvalue weighted by atomic mass is 9.91. The van der Waals surface area contributed by atoms with Gasteiger partial charge < -0.3 is 10.6 Å². The number of halogens is 6. The zero-order valence-corrected chi connectivity index (χ0v) is 16.4. The number of nitrogens with one attached hydrogen (secondary N) is 3. The quantitative estimate of drug-likeness (QED) is 0.508. The second kappa shape index (κ2) is 8.02. The number of aromatic amines is 1. The van der Waals surface area contributed by atoms with Crippen LogP contribution in [0.5, 0.6) is 0 Å². The molecule has 3 N–H and O–H groups in total. The number of amides is 1. The van der Waals surface area contributed by atoms with E-state index in [4.69, 9.17) is 0 Å². The molecule has 0 spiro atoms. The van der Waals surface area contributed by atoms with E-state index in [2.05, 4.69) is 20.7 Å². The summed E-state index contributed by atoms with van der Waals surface area (Å²) in [5.41, 5.74) is -2.60. The lowest BCUT2D eigenvalue weighted by Crippen LogP contribution is -2.40. The molecule has 3 heterocycles. The third kappa shape index (κ3) is 4.50. The Bertz CT molecular complexity index is 1110. The fourth-order valence-corrected chi connectivity index (χ4v) is 3.79. The fraction of sp³-hybridized carbons (Fsp3) is 0.421. The van der Waals surface area contributed by atoms with Crippen LogP contribution in [0.15, 0.2) is 30.6 Å². The summed E-state index contributed by atoms with van der Waals surface area (Å²) in [7, 11) is 0. The Morgan fingerprint density at radius 2 is 1.72 bits per heavy atom. The average molecular weight is 460 g/mol. The number of pyridine rings is 1. The molecule has 1 fully saturated rings. The van der Waals surface area contributed by atoms with E-state index in [0.29, 0.717) is 31.5 Å². The van der Waals surface area contributed by atoms with Crippen molar-refractivity contribution in [2.24, 2.45) is 0 Å². The third-order valence-electron chi connectivity index (χ3n) is 5.36. The number of hydrogen-bond donors (Lipinski definition) is 3. The van der Waals surface area contributed by atoms with Gasteiger partial charge in [-0.3, -0.25) is 14.3 Å². The predicted molar refractivity (Wildman–Crippen MR) is 101 cm³/mol. The molecule has 3 aromatic rings. The molecule has 7 nitrogen and oxygen atoms in total. The van der Waals surface area contributed by atoms with Gasteiger partial charge in [0.15, 0.2) is 11.4 Å². The minimum atomic E-state index is -4.72. The van der Waals surface area contributed by atoms with Crippen molar-refractivity contribution in [2.45, 2.75) is 50.1 Å². The van der Waals surface area contributed by atoms with Gasteiger partial charge >= 0.3 is 12.4 Å². The van der Waals surface area contributed by atoms with Gasteiger partial charge in [0.25, 0.3) is 5.91 Å². The molecule has 1 aliphatic rings. The number of aromatic nitrogens is 4. The highest BCUT2D eigenvalue weighted by atomic mass is 19.4. The molecule has 1 amide bonds. The number of anilines is 1. The molecule has 4 rings (SSSR count). The summed E-state index contributed by atoms with van der Waals surface area (Å²) < 4.78 is 79.0. The molecule has 0 atom stereocenters. The second-order valence-corrected chi connectivity index (χ2v) is 7.59. The van der Waals surface area contributed by atoms with Crippen LogP contribution in [-0.4, -0.2) is 37.6 Å². The summed E-state index contributed by atoms with van der Waals surface area (Å²) in [6.45, 7) is 0. The van der Waals surface area contributed by atoms with Crippen molar-refractivity contribution < 1.29 is 31.1 Å². The Morgan fingerprint density at radius 1 is 1.03 bits per heavy atom. The van der Waals surface area contributed by atoms with Crippen LogP contribution >= 0.6 is 0 Å². The number of H-pyrrole nitrogens is 1. The molecule has 0 aliphatic heterocycles. The van der Waals surface area contributed by atoms with Crippen LogP contribution in [0.4, 0.5) is 32.2 Å². The van der Waals surface area contributed by atoms with Crippen LogP contribution in [0, 0.1) is 0 Å². The minimum Gasteiger partial charge on any atom is -0.368 e. The largest absolute Gasteiger partial charge is 0.434 e. The van der Waals surface area contributed by atoms with Gasteiger partial charge in [-0.25, -0.2) is 4.98 Å². The van der Waals surface area contributed by atoms with Gasteiger partial charge in [0.05, 0.1) is 11.8 Å². The van der Waals surface area contributed by atoms with Crippen molar-refractivity contribution in [3.63, 3.8) is 0 Å². The van der Waals surface area contributed by atoms with E-state index >= 15 is 0 Å². The second-order valence-electron chi connectivity index (χ2n) is 7.59. The summed E-state index contributed by atoms with van der Waals surface area (Å²) in [6, 6.07) is 4.31. The lowest BCUT2D eigenvalue weighted by Gasteiger charge is -2.30. The first-order valence-corrected chi connectivity index (χ1v) is 9.75. The molecule has 1 saturated carbocycles. The molecule has 172 valence electrons. The molecular weight excluding hydrogens is 442 g/mol. The topological polar surface area (TPSA) is 87.1 Å². The number of nitrogens with zero attached hydrogens (tertiary/aromatic N) is 3. The van der Waals surface area contributed by atoms with Crippen molar-refractivity contribution in [1.29, 1.82) is 0 Å². The Balaban J connectivity index is 1.37. The highest BCUT2D eigenvalue weighted by Gasteiger charge is 2.38. The summed E-state index contributed by atoms with van der Waals surface area (Å²) in [4.78, 5) is 15.8. The van der Waals surface area contributed by atoms with Gasteiger partial charge in [0, 0.05) is 18.3 Å². The van der Waals surface area contributed by atoms with Gasteiger partial charge in [0.1, 0.15) is 11.5 Å². The molecule has 0 unspecified atom stereocenters. The molecule has 32 heavy (non-hydrogen) atoms. The zero-order chi connectivity index (χ0) is 23.1. The van der Waals surface area contributed by atoms with Crippen molar-refractivity contribution >= 4 is 17.4 Å². The monoisotopic (exact) mass is 460 g/mol. The van der Waals surface area contributed by atoms with Crippen LogP contribution in [-0.2, 0) is 12.4 Å². The van der Waals surface area contributed by atoms with Crippen LogP contribution in [0.25, 0.3) is 5.65 Å².